The third-order valence-electron chi connectivity index (χ3n) is 4.04. The molecule has 0 saturated carbocycles. The van der Waals surface area contributed by atoms with Crippen LogP contribution in [0, 0.1) is 17.8 Å². The number of hydrogen-bond donors (Lipinski definition) is 1. The van der Waals surface area contributed by atoms with Crippen molar-refractivity contribution in [2.45, 2.75) is 53.1 Å². The number of carbonyl (C=O) groups is 1. The first-order valence-corrected chi connectivity index (χ1v) is 6.65. The molecule has 0 aromatic carbocycles. The highest BCUT2D eigenvalue weighted by Crippen LogP contribution is 2.32. The summed E-state index contributed by atoms with van der Waals surface area (Å²) in [5.41, 5.74) is -0.149. The van der Waals surface area contributed by atoms with Crippen LogP contribution < -0.4 is 5.32 Å². The number of hydrogen-bond acceptors (Lipinski definition) is 2. The Labute approximate surface area is 106 Å². The number of nitrogens with one attached hydrogen (secondary N) is 1. The van der Waals surface area contributed by atoms with E-state index in [1.165, 1.54) is 0 Å². The van der Waals surface area contributed by atoms with E-state index < -0.39 is 0 Å². The van der Waals surface area contributed by atoms with Crippen molar-refractivity contribution in [2.24, 2.45) is 17.8 Å². The van der Waals surface area contributed by atoms with Crippen molar-refractivity contribution in [1.29, 1.82) is 0 Å². The molecule has 3 nitrogen and oxygen atoms in total. The molecule has 1 saturated heterocycles. The molecule has 1 aliphatic rings. The monoisotopic (exact) mass is 240 g/mol. The number of piperidine rings is 1. The van der Waals surface area contributed by atoms with Gasteiger partial charge in [0.15, 0.2) is 0 Å². The number of amides is 1. The Morgan fingerprint density at radius 3 is 2.18 bits per heavy atom. The van der Waals surface area contributed by atoms with Gasteiger partial charge in [-0.15, -0.1) is 0 Å². The summed E-state index contributed by atoms with van der Waals surface area (Å²) >= 11 is 0. The fourth-order valence-corrected chi connectivity index (χ4v) is 2.82. The van der Waals surface area contributed by atoms with Crippen molar-refractivity contribution in [3.8, 4) is 0 Å². The molecule has 3 heteroatoms. The molecule has 0 aliphatic carbocycles. The van der Waals surface area contributed by atoms with Crippen molar-refractivity contribution in [2.75, 3.05) is 13.6 Å². The van der Waals surface area contributed by atoms with Gasteiger partial charge >= 0.3 is 0 Å². The summed E-state index contributed by atoms with van der Waals surface area (Å²) in [6.45, 7) is 13.8. The number of rotatable bonds is 1. The number of likely N-dealkylation sites (N-methyl/N-ethyl adjacent to an activating group) is 1. The zero-order chi connectivity index (χ0) is 13.4. The van der Waals surface area contributed by atoms with Gasteiger partial charge in [-0.25, -0.2) is 0 Å². The first-order valence-electron chi connectivity index (χ1n) is 6.65. The molecular formula is C14H28N2O. The minimum atomic E-state index is -0.149. The second kappa shape index (κ2) is 4.97. The average Bonchev–Trinajstić information content (AvgIpc) is 2.11. The van der Waals surface area contributed by atoms with Crippen molar-refractivity contribution in [3.05, 3.63) is 0 Å². The predicted molar refractivity (Wildman–Crippen MR) is 71.8 cm³/mol. The Bertz CT molecular complexity index is 282. The molecule has 1 aliphatic heterocycles. The maximum atomic E-state index is 12.3. The molecule has 0 bridgehead atoms. The second-order valence-corrected chi connectivity index (χ2v) is 6.82. The zero-order valence-corrected chi connectivity index (χ0v) is 12.4. The SMILES string of the molecule is C[C@H]1[C@H](C)[C@@H](C(=O)NC(C)(C)C)N(C)C[C@H]1C. The number of carbonyl (C=O) groups excluding carboxylic acids is 1. The highest BCUT2D eigenvalue weighted by molar-refractivity contribution is 5.82. The summed E-state index contributed by atoms with van der Waals surface area (Å²) < 4.78 is 0. The molecule has 1 amide bonds. The van der Waals surface area contributed by atoms with Crippen LogP contribution in [0.4, 0.5) is 0 Å². The molecule has 1 rings (SSSR count). The summed E-state index contributed by atoms with van der Waals surface area (Å²) in [5, 5.41) is 3.10. The number of likely N-dealkylation sites (tertiary alicyclic amines) is 1. The minimum Gasteiger partial charge on any atom is -0.350 e. The minimum absolute atomic E-state index is 0.0143. The van der Waals surface area contributed by atoms with E-state index in [0.717, 1.165) is 6.54 Å². The van der Waals surface area contributed by atoms with E-state index in [1.807, 2.05) is 20.8 Å². The van der Waals surface area contributed by atoms with Crippen molar-refractivity contribution in [3.63, 3.8) is 0 Å². The number of nitrogens with zero attached hydrogens (tertiary/aromatic N) is 1. The smallest absolute Gasteiger partial charge is 0.238 e. The van der Waals surface area contributed by atoms with Gasteiger partial charge in [0.1, 0.15) is 0 Å². The molecule has 1 heterocycles. The van der Waals surface area contributed by atoms with Crippen LogP contribution >= 0.6 is 0 Å². The average molecular weight is 240 g/mol. The van der Waals surface area contributed by atoms with Crippen LogP contribution in [0.15, 0.2) is 0 Å². The van der Waals surface area contributed by atoms with Crippen LogP contribution in [-0.2, 0) is 4.79 Å². The fourth-order valence-electron chi connectivity index (χ4n) is 2.82. The van der Waals surface area contributed by atoms with Gasteiger partial charge in [0.2, 0.25) is 5.91 Å². The zero-order valence-electron chi connectivity index (χ0n) is 12.4. The van der Waals surface area contributed by atoms with E-state index >= 15 is 0 Å². The molecule has 0 spiro atoms. The van der Waals surface area contributed by atoms with Crippen molar-refractivity contribution in [1.82, 2.24) is 10.2 Å². The van der Waals surface area contributed by atoms with E-state index in [9.17, 15) is 4.79 Å². The first-order chi connectivity index (χ1) is 7.63. The lowest BCUT2D eigenvalue weighted by molar-refractivity contribution is -0.132. The molecule has 17 heavy (non-hydrogen) atoms. The van der Waals surface area contributed by atoms with Crippen LogP contribution in [-0.4, -0.2) is 36.0 Å². The lowest BCUT2D eigenvalue weighted by atomic mass is 9.76. The van der Waals surface area contributed by atoms with Gasteiger partial charge in [-0.1, -0.05) is 20.8 Å². The van der Waals surface area contributed by atoms with E-state index in [-0.39, 0.29) is 17.5 Å². The van der Waals surface area contributed by atoms with E-state index in [0.29, 0.717) is 17.8 Å². The van der Waals surface area contributed by atoms with Gasteiger partial charge in [-0.05, 0) is 45.6 Å². The topological polar surface area (TPSA) is 32.3 Å². The molecule has 0 aromatic heterocycles. The quantitative estimate of drug-likeness (QED) is 0.761. The Kier molecular flexibility index (Phi) is 4.23. The van der Waals surface area contributed by atoms with Crippen LogP contribution in [0.1, 0.15) is 41.5 Å². The molecule has 1 fully saturated rings. The van der Waals surface area contributed by atoms with Crippen LogP contribution in [0.5, 0.6) is 0 Å². The Hall–Kier alpha value is -0.570. The Balaban J connectivity index is 2.78. The van der Waals surface area contributed by atoms with Gasteiger partial charge in [-0.3, -0.25) is 9.69 Å². The lowest BCUT2D eigenvalue weighted by Crippen LogP contribution is -2.58. The van der Waals surface area contributed by atoms with E-state index in [1.54, 1.807) is 0 Å². The molecule has 1 N–H and O–H groups in total. The third-order valence-corrected chi connectivity index (χ3v) is 4.04. The Morgan fingerprint density at radius 2 is 1.71 bits per heavy atom. The highest BCUT2D eigenvalue weighted by Gasteiger charge is 2.39. The molecule has 0 aromatic rings. The summed E-state index contributed by atoms with van der Waals surface area (Å²) in [7, 11) is 2.06. The van der Waals surface area contributed by atoms with Crippen molar-refractivity contribution < 1.29 is 4.79 Å². The normalized spacial score (nSPS) is 35.7. The standard InChI is InChI=1S/C14H28N2O/c1-9-8-16(7)12(11(3)10(9)2)13(17)15-14(4,5)6/h9-12H,8H2,1-7H3,(H,15,17)/t9-,10-,11+,12+/m1/s1. The maximum absolute atomic E-state index is 12.3. The summed E-state index contributed by atoms with van der Waals surface area (Å²) in [4.78, 5) is 14.5. The molecule has 4 atom stereocenters. The van der Waals surface area contributed by atoms with Gasteiger partial charge in [-0.2, -0.15) is 0 Å². The largest absolute Gasteiger partial charge is 0.350 e. The molecular weight excluding hydrogens is 212 g/mol. The van der Waals surface area contributed by atoms with Gasteiger partial charge in [0, 0.05) is 12.1 Å². The van der Waals surface area contributed by atoms with E-state index in [2.05, 4.69) is 38.0 Å². The van der Waals surface area contributed by atoms with Gasteiger partial charge in [0.05, 0.1) is 6.04 Å². The predicted octanol–water partition coefficient (Wildman–Crippen LogP) is 2.12. The summed E-state index contributed by atoms with van der Waals surface area (Å²) in [6.07, 6.45) is 0. The fraction of sp³-hybridized carbons (Fsp3) is 0.929. The van der Waals surface area contributed by atoms with Crippen molar-refractivity contribution >= 4 is 5.91 Å². The van der Waals surface area contributed by atoms with Gasteiger partial charge < -0.3 is 5.32 Å². The maximum Gasteiger partial charge on any atom is 0.238 e. The van der Waals surface area contributed by atoms with E-state index in [4.69, 9.17) is 0 Å². The molecule has 0 radical (unpaired) electrons. The molecule has 0 unspecified atom stereocenters. The lowest BCUT2D eigenvalue weighted by Gasteiger charge is -2.44. The molecule has 100 valence electrons. The van der Waals surface area contributed by atoms with Crippen LogP contribution in [0.3, 0.4) is 0 Å². The second-order valence-electron chi connectivity index (χ2n) is 6.82. The first kappa shape index (κ1) is 14.5. The van der Waals surface area contributed by atoms with Gasteiger partial charge in [0.25, 0.3) is 0 Å². The highest BCUT2D eigenvalue weighted by atomic mass is 16.2. The Morgan fingerprint density at radius 1 is 1.18 bits per heavy atom. The third kappa shape index (κ3) is 3.44. The van der Waals surface area contributed by atoms with Crippen LogP contribution in [0.2, 0.25) is 0 Å². The summed E-state index contributed by atoms with van der Waals surface area (Å²) in [5.74, 6) is 1.84. The summed E-state index contributed by atoms with van der Waals surface area (Å²) in [6, 6.07) is 0.0143. The van der Waals surface area contributed by atoms with Crippen LogP contribution in [0.25, 0.3) is 0 Å².